The van der Waals surface area contributed by atoms with Gasteiger partial charge >= 0.3 is 0 Å². The van der Waals surface area contributed by atoms with Crippen LogP contribution >= 0.6 is 11.3 Å². The fraction of sp³-hybridized carbons (Fsp3) is 0.440. The monoisotopic (exact) mass is 487 g/mol. The summed E-state index contributed by atoms with van der Waals surface area (Å²) in [5.74, 6) is -0.440. The fourth-order valence-electron chi connectivity index (χ4n) is 3.61. The van der Waals surface area contributed by atoms with Crippen LogP contribution in [-0.4, -0.2) is 56.1 Å². The number of rotatable bonds is 10. The van der Waals surface area contributed by atoms with Gasteiger partial charge in [0.15, 0.2) is 15.0 Å². The van der Waals surface area contributed by atoms with Crippen molar-refractivity contribution in [3.63, 3.8) is 0 Å². The summed E-state index contributed by atoms with van der Waals surface area (Å²) in [4.78, 5) is 22.2. The topological polar surface area (TPSA) is 70.6 Å². The zero-order chi connectivity index (χ0) is 24.2. The van der Waals surface area contributed by atoms with E-state index < -0.39 is 9.84 Å². The average Bonchev–Trinajstić information content (AvgIpc) is 3.18. The van der Waals surface area contributed by atoms with Gasteiger partial charge in [-0.15, -0.1) is 0 Å². The molecule has 0 spiro atoms. The maximum Gasteiger partial charge on any atom is 0.229 e. The van der Waals surface area contributed by atoms with Crippen LogP contribution in [-0.2, 0) is 14.6 Å². The molecular weight excluding hydrogens is 454 g/mol. The van der Waals surface area contributed by atoms with Crippen molar-refractivity contribution < 1.29 is 13.2 Å². The highest BCUT2D eigenvalue weighted by Crippen LogP contribution is 2.31. The van der Waals surface area contributed by atoms with Crippen LogP contribution in [0.2, 0.25) is 0 Å². The van der Waals surface area contributed by atoms with Gasteiger partial charge in [0.05, 0.1) is 20.9 Å². The Bertz CT molecular complexity index is 1170. The number of thiazole rings is 1. The van der Waals surface area contributed by atoms with Gasteiger partial charge in [-0.05, 0) is 69.3 Å². The van der Waals surface area contributed by atoms with Crippen LogP contribution in [0.25, 0.3) is 10.2 Å². The Morgan fingerprint density at radius 2 is 1.61 bits per heavy atom. The van der Waals surface area contributed by atoms with Crippen molar-refractivity contribution >= 4 is 42.4 Å². The van der Waals surface area contributed by atoms with Crippen molar-refractivity contribution in [2.45, 2.75) is 45.9 Å². The number of benzene rings is 2. The molecule has 1 aromatic heterocycles. The molecule has 1 amide bonds. The third-order valence-corrected chi connectivity index (χ3v) is 8.80. The molecule has 178 valence electrons. The van der Waals surface area contributed by atoms with E-state index in [0.29, 0.717) is 18.2 Å². The van der Waals surface area contributed by atoms with Gasteiger partial charge in [-0.25, -0.2) is 13.4 Å². The van der Waals surface area contributed by atoms with E-state index in [2.05, 4.69) is 31.7 Å². The van der Waals surface area contributed by atoms with E-state index in [1.165, 1.54) is 16.9 Å². The summed E-state index contributed by atoms with van der Waals surface area (Å²) >= 11 is 1.48. The summed E-state index contributed by atoms with van der Waals surface area (Å²) in [6.45, 7) is 13.2. The van der Waals surface area contributed by atoms with Crippen molar-refractivity contribution in [2.75, 3.05) is 36.8 Å². The average molecular weight is 488 g/mol. The number of aromatic nitrogens is 1. The zero-order valence-corrected chi connectivity index (χ0v) is 21.7. The Morgan fingerprint density at radius 1 is 0.970 bits per heavy atom. The normalized spacial score (nSPS) is 11.9. The molecule has 8 heteroatoms. The number of sulfone groups is 1. The number of aryl methyl sites for hydroxylation is 3. The molecule has 3 rings (SSSR count). The molecule has 1 heterocycles. The Morgan fingerprint density at radius 3 is 2.24 bits per heavy atom. The summed E-state index contributed by atoms with van der Waals surface area (Å²) in [7, 11) is -3.54. The number of hydrogen-bond acceptors (Lipinski definition) is 6. The molecule has 0 fully saturated rings. The Labute approximate surface area is 201 Å². The predicted octanol–water partition coefficient (Wildman–Crippen LogP) is 4.76. The molecule has 2 aromatic carbocycles. The maximum atomic E-state index is 13.3. The highest BCUT2D eigenvalue weighted by molar-refractivity contribution is 7.91. The first-order valence-corrected chi connectivity index (χ1v) is 13.8. The molecule has 0 aliphatic rings. The van der Waals surface area contributed by atoms with Gasteiger partial charge < -0.3 is 4.90 Å². The number of amides is 1. The molecule has 0 atom stereocenters. The first kappa shape index (κ1) is 25.3. The van der Waals surface area contributed by atoms with Gasteiger partial charge in [0.1, 0.15) is 0 Å². The first-order chi connectivity index (χ1) is 15.6. The molecule has 0 unspecified atom stereocenters. The Kier molecular flexibility index (Phi) is 8.26. The van der Waals surface area contributed by atoms with E-state index in [0.717, 1.165) is 34.4 Å². The number of fused-ring (bicyclic) bond motifs is 1. The maximum absolute atomic E-state index is 13.3. The molecule has 0 N–H and O–H groups in total. The van der Waals surface area contributed by atoms with E-state index in [4.69, 9.17) is 4.98 Å². The second-order valence-corrected chi connectivity index (χ2v) is 11.5. The van der Waals surface area contributed by atoms with E-state index in [1.54, 1.807) is 29.2 Å². The first-order valence-electron chi connectivity index (χ1n) is 11.3. The number of anilines is 1. The quantitative estimate of drug-likeness (QED) is 0.412. The highest BCUT2D eigenvalue weighted by atomic mass is 32.2. The second-order valence-electron chi connectivity index (χ2n) is 8.35. The van der Waals surface area contributed by atoms with Gasteiger partial charge in [0, 0.05) is 19.5 Å². The third-order valence-electron chi connectivity index (χ3n) is 6.02. The summed E-state index contributed by atoms with van der Waals surface area (Å²) in [5, 5.41) is 0.625. The summed E-state index contributed by atoms with van der Waals surface area (Å²) in [6, 6.07) is 10.9. The largest absolute Gasteiger partial charge is 0.302 e. The number of carbonyl (C=O) groups excluding carboxylic acids is 1. The molecule has 0 bridgehead atoms. The van der Waals surface area contributed by atoms with E-state index >= 15 is 0 Å². The second kappa shape index (κ2) is 10.8. The summed E-state index contributed by atoms with van der Waals surface area (Å²) < 4.78 is 26.6. The van der Waals surface area contributed by atoms with Gasteiger partial charge in [-0.1, -0.05) is 42.9 Å². The lowest BCUT2D eigenvalue weighted by Crippen LogP contribution is -2.39. The lowest BCUT2D eigenvalue weighted by molar-refractivity contribution is -0.118. The van der Waals surface area contributed by atoms with Crippen LogP contribution in [0.1, 0.15) is 37.0 Å². The zero-order valence-electron chi connectivity index (χ0n) is 20.1. The summed E-state index contributed by atoms with van der Waals surface area (Å²) in [6.07, 6.45) is -0.0809. The molecule has 6 nitrogen and oxygen atoms in total. The van der Waals surface area contributed by atoms with Crippen LogP contribution in [0.5, 0.6) is 0 Å². The summed E-state index contributed by atoms with van der Waals surface area (Å²) in [5.41, 5.74) is 4.20. The van der Waals surface area contributed by atoms with E-state index in [1.807, 2.05) is 19.9 Å². The van der Waals surface area contributed by atoms with Gasteiger partial charge in [-0.3, -0.25) is 9.69 Å². The standard InChI is InChI=1S/C25H33N3O3S2/c1-6-27(7-2)13-14-28(25-26-22-16-19(4)20(5)17-23(22)32-25)24(29)12-15-33(30,31)21-10-8-18(3)9-11-21/h8-11,16-17H,6-7,12-15H2,1-5H3. The molecule has 3 aromatic rings. The number of carbonyl (C=O) groups is 1. The van der Waals surface area contributed by atoms with E-state index in [-0.39, 0.29) is 23.0 Å². The third kappa shape index (κ3) is 6.19. The van der Waals surface area contributed by atoms with Gasteiger partial charge in [0.25, 0.3) is 0 Å². The van der Waals surface area contributed by atoms with Crippen molar-refractivity contribution in [1.29, 1.82) is 0 Å². The van der Waals surface area contributed by atoms with Crippen molar-refractivity contribution in [3.05, 3.63) is 53.1 Å². The van der Waals surface area contributed by atoms with Crippen molar-refractivity contribution in [3.8, 4) is 0 Å². The predicted molar refractivity (Wildman–Crippen MR) is 137 cm³/mol. The lowest BCUT2D eigenvalue weighted by atomic mass is 10.1. The lowest BCUT2D eigenvalue weighted by Gasteiger charge is -2.24. The van der Waals surface area contributed by atoms with Crippen LogP contribution in [0.15, 0.2) is 41.3 Å². The SMILES string of the molecule is CCN(CC)CCN(C(=O)CCS(=O)(=O)c1ccc(C)cc1)c1nc2cc(C)c(C)cc2s1. The van der Waals surface area contributed by atoms with Crippen LogP contribution in [0, 0.1) is 20.8 Å². The van der Waals surface area contributed by atoms with Crippen LogP contribution in [0.3, 0.4) is 0 Å². The molecule has 0 aliphatic heterocycles. The number of nitrogens with zero attached hydrogens (tertiary/aromatic N) is 3. The smallest absolute Gasteiger partial charge is 0.229 e. The van der Waals surface area contributed by atoms with E-state index in [9.17, 15) is 13.2 Å². The highest BCUT2D eigenvalue weighted by Gasteiger charge is 2.24. The molecular formula is C25H33N3O3S2. The Hall–Kier alpha value is -2.29. The molecule has 0 radical (unpaired) electrons. The van der Waals surface area contributed by atoms with Crippen LogP contribution in [0.4, 0.5) is 5.13 Å². The van der Waals surface area contributed by atoms with Gasteiger partial charge in [0.2, 0.25) is 5.91 Å². The van der Waals surface area contributed by atoms with Gasteiger partial charge in [-0.2, -0.15) is 0 Å². The number of likely N-dealkylation sites (N-methyl/N-ethyl adjacent to an activating group) is 1. The molecule has 0 saturated carbocycles. The minimum absolute atomic E-state index is 0.0809. The molecule has 0 saturated heterocycles. The minimum Gasteiger partial charge on any atom is -0.302 e. The molecule has 0 aliphatic carbocycles. The molecule has 33 heavy (non-hydrogen) atoms. The number of hydrogen-bond donors (Lipinski definition) is 0. The van der Waals surface area contributed by atoms with Crippen molar-refractivity contribution in [2.24, 2.45) is 0 Å². The minimum atomic E-state index is -3.54. The van der Waals surface area contributed by atoms with Crippen molar-refractivity contribution in [1.82, 2.24) is 9.88 Å². The Balaban J connectivity index is 1.84. The van der Waals surface area contributed by atoms with Crippen LogP contribution < -0.4 is 4.90 Å². The fourth-order valence-corrected chi connectivity index (χ4v) is 5.93.